The smallest absolute Gasteiger partial charge is 0.300 e. The molecule has 10 heteroatoms. The van der Waals surface area contributed by atoms with E-state index in [9.17, 15) is 4.79 Å². The molecule has 0 amide bonds. The van der Waals surface area contributed by atoms with Crippen molar-refractivity contribution in [2.75, 3.05) is 6.61 Å². The van der Waals surface area contributed by atoms with Gasteiger partial charge < -0.3 is 35.4 Å². The van der Waals surface area contributed by atoms with E-state index in [1.807, 2.05) is 42.5 Å². The van der Waals surface area contributed by atoms with Gasteiger partial charge in [-0.25, -0.2) is 0 Å². The lowest BCUT2D eigenvalue weighted by molar-refractivity contribution is -0.136. The monoisotopic (exact) mass is 462 g/mol. The first-order chi connectivity index (χ1) is 14.1. The predicted molar refractivity (Wildman–Crippen MR) is 112 cm³/mol. The van der Waals surface area contributed by atoms with Gasteiger partial charge in [0.05, 0.1) is 16.7 Å². The van der Waals surface area contributed by atoms with Crippen LogP contribution in [0.15, 0.2) is 48.5 Å². The highest BCUT2D eigenvalue weighted by molar-refractivity contribution is 6.43. The third-order valence-electron chi connectivity index (χ3n) is 3.46. The van der Waals surface area contributed by atoms with Crippen molar-refractivity contribution in [3.05, 3.63) is 58.6 Å². The van der Waals surface area contributed by atoms with Crippen molar-refractivity contribution in [2.24, 2.45) is 0 Å². The highest BCUT2D eigenvalue weighted by Gasteiger charge is 2.29. The molecule has 2 rings (SSSR count). The molecule has 0 aliphatic carbocycles. The van der Waals surface area contributed by atoms with Crippen molar-refractivity contribution in [1.82, 2.24) is 0 Å². The van der Waals surface area contributed by atoms with E-state index >= 15 is 0 Å². The minimum Gasteiger partial charge on any atom is -0.481 e. The number of aldehydes is 1. The number of aliphatic hydroxyl groups is 5. The molecule has 0 aliphatic rings. The number of halogens is 2. The molecule has 2 aromatic carbocycles. The average molecular weight is 463 g/mol. The van der Waals surface area contributed by atoms with Crippen LogP contribution < -0.4 is 0 Å². The number of carboxylic acid groups (broad SMARTS) is 1. The van der Waals surface area contributed by atoms with Crippen molar-refractivity contribution in [3.63, 3.8) is 0 Å². The first-order valence-electron chi connectivity index (χ1n) is 8.54. The SMILES string of the molecule is CC(=O)O.Clc1cccc(-c2ccccc2)c1Cl.O=CC(O)C(O)C(O)C(O)CO. The Kier molecular flexibility index (Phi) is 13.9. The Labute approximate surface area is 183 Å². The van der Waals surface area contributed by atoms with Crippen molar-refractivity contribution in [2.45, 2.75) is 31.3 Å². The molecule has 0 heterocycles. The van der Waals surface area contributed by atoms with Gasteiger partial charge in [-0.15, -0.1) is 0 Å². The summed E-state index contributed by atoms with van der Waals surface area (Å²) in [6.07, 6.45) is -6.84. The minimum atomic E-state index is -1.79. The molecule has 0 spiro atoms. The fraction of sp³-hybridized carbons (Fsp3) is 0.300. The number of benzene rings is 2. The van der Waals surface area contributed by atoms with Crippen molar-refractivity contribution in [3.8, 4) is 11.1 Å². The maximum absolute atomic E-state index is 9.90. The van der Waals surface area contributed by atoms with E-state index in [1.54, 1.807) is 6.07 Å². The zero-order chi connectivity index (χ0) is 23.3. The van der Waals surface area contributed by atoms with Crippen molar-refractivity contribution >= 4 is 35.5 Å². The van der Waals surface area contributed by atoms with Gasteiger partial charge >= 0.3 is 0 Å². The van der Waals surface area contributed by atoms with Gasteiger partial charge in [-0.1, -0.05) is 65.7 Å². The van der Waals surface area contributed by atoms with E-state index in [-0.39, 0.29) is 6.29 Å². The van der Waals surface area contributed by atoms with Crippen LogP contribution in [-0.2, 0) is 9.59 Å². The molecule has 166 valence electrons. The maximum atomic E-state index is 9.90. The Morgan fingerprint density at radius 3 is 1.97 bits per heavy atom. The van der Waals surface area contributed by atoms with Crippen LogP contribution in [0.25, 0.3) is 11.1 Å². The lowest BCUT2D eigenvalue weighted by atomic mass is 10.0. The molecule has 0 saturated heterocycles. The zero-order valence-electron chi connectivity index (χ0n) is 16.0. The van der Waals surface area contributed by atoms with Gasteiger partial charge in [0, 0.05) is 12.5 Å². The van der Waals surface area contributed by atoms with E-state index in [0.29, 0.717) is 10.0 Å². The molecule has 0 radical (unpaired) electrons. The fourth-order valence-corrected chi connectivity index (χ4v) is 2.37. The minimum absolute atomic E-state index is 0.0258. The standard InChI is InChI=1S/C12H8Cl2.C6H12O6.C2H4O2/c13-11-8-4-7-10(12(11)14)9-5-2-1-3-6-9;7-1-3(9)5(11)6(12)4(10)2-8;1-2(3)4/h1-8H;1,3-6,8-12H,2H2;1H3,(H,3,4). The molecular formula is C20H24Cl2O8. The van der Waals surface area contributed by atoms with Gasteiger partial charge in [0.25, 0.3) is 5.97 Å². The second-order valence-electron chi connectivity index (χ2n) is 5.84. The molecular weight excluding hydrogens is 439 g/mol. The molecule has 0 aromatic heterocycles. The number of aliphatic hydroxyl groups excluding tert-OH is 5. The Hall–Kier alpha value is -2.04. The maximum Gasteiger partial charge on any atom is 0.300 e. The Morgan fingerprint density at radius 2 is 1.50 bits per heavy atom. The summed E-state index contributed by atoms with van der Waals surface area (Å²) in [5.41, 5.74) is 2.06. The number of carbonyl (C=O) groups is 2. The van der Waals surface area contributed by atoms with Gasteiger partial charge in [-0.2, -0.15) is 0 Å². The normalized spacial score (nSPS) is 14.0. The molecule has 8 nitrogen and oxygen atoms in total. The van der Waals surface area contributed by atoms with Crippen molar-refractivity contribution in [1.29, 1.82) is 0 Å². The van der Waals surface area contributed by atoms with Crippen molar-refractivity contribution < 1.29 is 40.2 Å². The van der Waals surface area contributed by atoms with Crippen LogP contribution in [0.5, 0.6) is 0 Å². The lowest BCUT2D eigenvalue weighted by Crippen LogP contribution is -2.46. The number of aliphatic carboxylic acids is 1. The molecule has 0 bridgehead atoms. The summed E-state index contributed by atoms with van der Waals surface area (Å²) in [5.74, 6) is -0.833. The van der Waals surface area contributed by atoms with E-state index in [0.717, 1.165) is 18.1 Å². The number of carboxylic acids is 1. The molecule has 2 aromatic rings. The first kappa shape index (κ1) is 28.0. The number of hydrogen-bond donors (Lipinski definition) is 6. The molecule has 4 unspecified atom stereocenters. The fourth-order valence-electron chi connectivity index (χ4n) is 1.96. The van der Waals surface area contributed by atoms with Gasteiger partial charge in [-0.3, -0.25) is 4.79 Å². The molecule has 0 aliphatic heterocycles. The summed E-state index contributed by atoms with van der Waals surface area (Å²) >= 11 is 12.0. The summed E-state index contributed by atoms with van der Waals surface area (Å²) in [7, 11) is 0. The third kappa shape index (κ3) is 10.1. The van der Waals surface area contributed by atoms with Crippen LogP contribution in [0.1, 0.15) is 6.92 Å². The summed E-state index contributed by atoms with van der Waals surface area (Å²) in [4.78, 5) is 18.9. The van der Waals surface area contributed by atoms with E-state index in [4.69, 9.17) is 58.6 Å². The Morgan fingerprint density at radius 1 is 0.967 bits per heavy atom. The first-order valence-corrected chi connectivity index (χ1v) is 9.29. The largest absolute Gasteiger partial charge is 0.481 e. The van der Waals surface area contributed by atoms with Crippen LogP contribution >= 0.6 is 23.2 Å². The average Bonchev–Trinajstić information content (AvgIpc) is 2.74. The van der Waals surface area contributed by atoms with Gasteiger partial charge in [-0.05, 0) is 11.6 Å². The molecule has 0 fully saturated rings. The van der Waals surface area contributed by atoms with Crippen LogP contribution in [0.2, 0.25) is 10.0 Å². The molecule has 30 heavy (non-hydrogen) atoms. The van der Waals surface area contributed by atoms with Gasteiger partial charge in [0.1, 0.15) is 24.4 Å². The third-order valence-corrected chi connectivity index (χ3v) is 4.28. The lowest BCUT2D eigenvalue weighted by Gasteiger charge is -2.22. The summed E-state index contributed by atoms with van der Waals surface area (Å²) in [5, 5.41) is 52.2. The quantitative estimate of drug-likeness (QED) is 0.351. The number of carbonyl (C=O) groups excluding carboxylic acids is 1. The van der Waals surface area contributed by atoms with Crippen LogP contribution in [0.4, 0.5) is 0 Å². The Bertz CT molecular complexity index is 769. The predicted octanol–water partition coefficient (Wildman–Crippen LogP) is 1.37. The highest BCUT2D eigenvalue weighted by Crippen LogP contribution is 2.32. The van der Waals surface area contributed by atoms with Crippen LogP contribution in [0, 0.1) is 0 Å². The Balaban J connectivity index is 0.000000483. The summed E-state index contributed by atoms with van der Waals surface area (Å²) < 4.78 is 0. The van der Waals surface area contributed by atoms with Crippen LogP contribution in [0.3, 0.4) is 0 Å². The van der Waals surface area contributed by atoms with E-state index in [1.165, 1.54) is 0 Å². The second-order valence-corrected chi connectivity index (χ2v) is 6.63. The number of hydrogen-bond acceptors (Lipinski definition) is 7. The number of rotatable bonds is 6. The van der Waals surface area contributed by atoms with Gasteiger partial charge in [0.15, 0.2) is 6.29 Å². The topological polar surface area (TPSA) is 156 Å². The zero-order valence-corrected chi connectivity index (χ0v) is 17.5. The van der Waals surface area contributed by atoms with E-state index < -0.39 is 37.0 Å². The summed E-state index contributed by atoms with van der Waals surface area (Å²) in [6, 6.07) is 15.6. The van der Waals surface area contributed by atoms with Gasteiger partial charge in [0.2, 0.25) is 0 Å². The summed E-state index contributed by atoms with van der Waals surface area (Å²) in [6.45, 7) is 0.323. The highest BCUT2D eigenvalue weighted by atomic mass is 35.5. The van der Waals surface area contributed by atoms with E-state index in [2.05, 4.69) is 0 Å². The molecule has 6 N–H and O–H groups in total. The molecule has 0 saturated carbocycles. The molecule has 4 atom stereocenters. The second kappa shape index (κ2) is 14.9. The van der Waals surface area contributed by atoms with Crippen LogP contribution in [-0.4, -0.2) is 73.9 Å².